The fourth-order valence-corrected chi connectivity index (χ4v) is 1.55. The number of likely N-dealkylation sites (N-methyl/N-ethyl adjacent to an activating group) is 1. The fourth-order valence-electron chi connectivity index (χ4n) is 1.55. The largest absolute Gasteiger partial charge is 0.468 e. The molecular formula is C14H23N3O4. The van der Waals surface area contributed by atoms with E-state index < -0.39 is 5.60 Å². The van der Waals surface area contributed by atoms with Crippen molar-refractivity contribution in [3.05, 3.63) is 18.2 Å². The summed E-state index contributed by atoms with van der Waals surface area (Å²) in [5.74, 6) is -0.329. The van der Waals surface area contributed by atoms with Crippen molar-refractivity contribution in [3.8, 4) is 0 Å². The molecule has 0 radical (unpaired) electrons. The van der Waals surface area contributed by atoms with Gasteiger partial charge < -0.3 is 18.9 Å². The Morgan fingerprint density at radius 3 is 2.62 bits per heavy atom. The number of imidazole rings is 1. The Morgan fingerprint density at radius 1 is 1.38 bits per heavy atom. The number of rotatable bonds is 5. The van der Waals surface area contributed by atoms with Crippen LogP contribution in [0, 0.1) is 0 Å². The van der Waals surface area contributed by atoms with Gasteiger partial charge in [-0.25, -0.2) is 9.78 Å². The Bertz CT molecular complexity index is 491. The second-order valence-corrected chi connectivity index (χ2v) is 5.77. The molecule has 21 heavy (non-hydrogen) atoms. The van der Waals surface area contributed by atoms with Gasteiger partial charge >= 0.3 is 12.1 Å². The minimum atomic E-state index is -0.507. The first-order chi connectivity index (χ1) is 9.71. The van der Waals surface area contributed by atoms with Crippen molar-refractivity contribution in [1.82, 2.24) is 14.5 Å². The summed E-state index contributed by atoms with van der Waals surface area (Å²) in [6.45, 7) is 6.10. The van der Waals surface area contributed by atoms with Gasteiger partial charge in [-0.3, -0.25) is 4.79 Å². The Labute approximate surface area is 124 Å². The van der Waals surface area contributed by atoms with E-state index in [9.17, 15) is 9.59 Å². The number of ether oxygens (including phenoxy) is 2. The Balaban J connectivity index is 2.44. The highest BCUT2D eigenvalue weighted by Crippen LogP contribution is 2.09. The number of hydrogen-bond donors (Lipinski definition) is 0. The highest BCUT2D eigenvalue weighted by atomic mass is 16.6. The first-order valence-electron chi connectivity index (χ1n) is 6.73. The molecule has 1 rings (SSSR count). The zero-order valence-corrected chi connectivity index (χ0v) is 13.3. The topological polar surface area (TPSA) is 73.7 Å². The zero-order chi connectivity index (χ0) is 16.0. The van der Waals surface area contributed by atoms with Crippen LogP contribution in [0.25, 0.3) is 0 Å². The lowest BCUT2D eigenvalue weighted by Crippen LogP contribution is -2.35. The number of methoxy groups -OCH3 is 1. The molecule has 1 aromatic heterocycles. The lowest BCUT2D eigenvalue weighted by Gasteiger charge is -2.24. The van der Waals surface area contributed by atoms with Crippen molar-refractivity contribution in [2.24, 2.45) is 0 Å². The zero-order valence-electron chi connectivity index (χ0n) is 13.3. The van der Waals surface area contributed by atoms with Gasteiger partial charge in [-0.2, -0.15) is 0 Å². The number of hydrogen-bond acceptors (Lipinski definition) is 5. The number of aromatic nitrogens is 2. The standard InChI is InChI=1S/C14H23N3O4/c1-14(2,3)21-13(19)16(4)7-6-11-8-17(10-15-11)9-12(18)20-5/h8,10H,6-7,9H2,1-5H3. The molecule has 0 aromatic carbocycles. The SMILES string of the molecule is COC(=O)Cn1cnc(CCN(C)C(=O)OC(C)(C)C)c1. The van der Waals surface area contributed by atoms with Gasteiger partial charge in [-0.15, -0.1) is 0 Å². The minimum Gasteiger partial charge on any atom is -0.468 e. The number of nitrogens with zero attached hydrogens (tertiary/aromatic N) is 3. The van der Waals surface area contributed by atoms with Gasteiger partial charge in [-0.1, -0.05) is 0 Å². The van der Waals surface area contributed by atoms with E-state index in [2.05, 4.69) is 9.72 Å². The maximum Gasteiger partial charge on any atom is 0.410 e. The summed E-state index contributed by atoms with van der Waals surface area (Å²) in [6.07, 6.45) is 3.56. The van der Waals surface area contributed by atoms with Crippen LogP contribution in [-0.2, 0) is 27.2 Å². The van der Waals surface area contributed by atoms with E-state index in [1.165, 1.54) is 12.0 Å². The van der Waals surface area contributed by atoms with Gasteiger partial charge in [0.2, 0.25) is 0 Å². The molecule has 0 saturated carbocycles. The average molecular weight is 297 g/mol. The van der Waals surface area contributed by atoms with E-state index in [4.69, 9.17) is 4.74 Å². The summed E-state index contributed by atoms with van der Waals surface area (Å²) in [4.78, 5) is 28.6. The Morgan fingerprint density at radius 2 is 2.05 bits per heavy atom. The smallest absolute Gasteiger partial charge is 0.410 e. The highest BCUT2D eigenvalue weighted by molar-refractivity contribution is 5.69. The quantitative estimate of drug-likeness (QED) is 0.769. The summed E-state index contributed by atoms with van der Waals surface area (Å²) in [6, 6.07) is 0. The van der Waals surface area contributed by atoms with Crippen LogP contribution in [0.2, 0.25) is 0 Å². The highest BCUT2D eigenvalue weighted by Gasteiger charge is 2.19. The Kier molecular flexibility index (Phi) is 5.75. The van der Waals surface area contributed by atoms with Gasteiger partial charge in [0.15, 0.2) is 0 Å². The van der Waals surface area contributed by atoms with Gasteiger partial charge in [0.25, 0.3) is 0 Å². The second-order valence-electron chi connectivity index (χ2n) is 5.77. The summed E-state index contributed by atoms with van der Waals surface area (Å²) < 4.78 is 11.5. The molecule has 0 aliphatic heterocycles. The van der Waals surface area contributed by atoms with Gasteiger partial charge in [-0.05, 0) is 20.8 Å². The molecule has 1 aromatic rings. The lowest BCUT2D eigenvalue weighted by molar-refractivity contribution is -0.141. The Hall–Kier alpha value is -2.05. The van der Waals surface area contributed by atoms with Crippen molar-refractivity contribution in [2.45, 2.75) is 39.3 Å². The molecule has 7 heteroatoms. The first kappa shape index (κ1) is 17.0. The van der Waals surface area contributed by atoms with Crippen LogP contribution >= 0.6 is 0 Å². The van der Waals surface area contributed by atoms with Crippen LogP contribution < -0.4 is 0 Å². The van der Waals surface area contributed by atoms with E-state index in [1.807, 2.05) is 20.8 Å². The molecular weight excluding hydrogens is 274 g/mol. The van der Waals surface area contributed by atoms with Crippen LogP contribution in [0.4, 0.5) is 4.79 Å². The molecule has 0 N–H and O–H groups in total. The molecule has 0 bridgehead atoms. The normalized spacial score (nSPS) is 11.1. The molecule has 0 unspecified atom stereocenters. The molecule has 0 fully saturated rings. The maximum atomic E-state index is 11.8. The summed E-state index contributed by atoms with van der Waals surface area (Å²) in [7, 11) is 3.02. The van der Waals surface area contributed by atoms with E-state index >= 15 is 0 Å². The van der Waals surface area contributed by atoms with E-state index in [0.717, 1.165) is 5.69 Å². The van der Waals surface area contributed by atoms with Gasteiger partial charge in [0.05, 0.1) is 19.1 Å². The molecule has 7 nitrogen and oxygen atoms in total. The van der Waals surface area contributed by atoms with Crippen LogP contribution in [0.5, 0.6) is 0 Å². The van der Waals surface area contributed by atoms with Crippen LogP contribution in [0.15, 0.2) is 12.5 Å². The fraction of sp³-hybridized carbons (Fsp3) is 0.643. The monoisotopic (exact) mass is 297 g/mol. The van der Waals surface area contributed by atoms with E-state index in [1.54, 1.807) is 24.1 Å². The third-order valence-corrected chi connectivity index (χ3v) is 2.63. The lowest BCUT2D eigenvalue weighted by atomic mass is 10.2. The number of amides is 1. The summed E-state index contributed by atoms with van der Waals surface area (Å²) in [5, 5.41) is 0. The molecule has 0 spiro atoms. The van der Waals surface area contributed by atoms with Crippen LogP contribution in [0.3, 0.4) is 0 Å². The predicted octanol–water partition coefficient (Wildman–Crippen LogP) is 1.47. The number of carbonyl (C=O) groups is 2. The number of carbonyl (C=O) groups excluding carboxylic acids is 2. The minimum absolute atomic E-state index is 0.130. The maximum absolute atomic E-state index is 11.8. The molecule has 118 valence electrons. The third-order valence-electron chi connectivity index (χ3n) is 2.63. The van der Waals surface area contributed by atoms with E-state index in [-0.39, 0.29) is 18.6 Å². The predicted molar refractivity (Wildman–Crippen MR) is 76.8 cm³/mol. The van der Waals surface area contributed by atoms with Crippen molar-refractivity contribution < 1.29 is 19.1 Å². The van der Waals surface area contributed by atoms with Gasteiger partial charge in [0.1, 0.15) is 12.1 Å². The van der Waals surface area contributed by atoms with Crippen molar-refractivity contribution in [3.63, 3.8) is 0 Å². The van der Waals surface area contributed by atoms with Crippen molar-refractivity contribution in [1.29, 1.82) is 0 Å². The van der Waals surface area contributed by atoms with E-state index in [0.29, 0.717) is 13.0 Å². The summed E-state index contributed by atoms with van der Waals surface area (Å²) >= 11 is 0. The first-order valence-corrected chi connectivity index (χ1v) is 6.73. The third kappa shape index (κ3) is 6.29. The van der Waals surface area contributed by atoms with Crippen LogP contribution in [-0.4, -0.2) is 52.8 Å². The summed E-state index contributed by atoms with van der Waals surface area (Å²) in [5.41, 5.74) is 0.294. The second kappa shape index (κ2) is 7.10. The molecule has 0 atom stereocenters. The van der Waals surface area contributed by atoms with Crippen molar-refractivity contribution in [2.75, 3.05) is 20.7 Å². The van der Waals surface area contributed by atoms with Crippen LogP contribution in [0.1, 0.15) is 26.5 Å². The molecule has 1 heterocycles. The van der Waals surface area contributed by atoms with Gasteiger partial charge in [0, 0.05) is 26.2 Å². The van der Waals surface area contributed by atoms with Crippen molar-refractivity contribution >= 4 is 12.1 Å². The molecule has 1 amide bonds. The molecule has 0 aliphatic carbocycles. The average Bonchev–Trinajstić information content (AvgIpc) is 2.81. The molecule has 0 saturated heterocycles. The number of esters is 1. The molecule has 0 aliphatic rings.